The number of hydrogen-bond donors (Lipinski definition) is 0. The fraction of sp³-hybridized carbons (Fsp3) is 0.444. The molecular formula is C9H14N4OSi. The van der Waals surface area contributed by atoms with Gasteiger partial charge in [0.1, 0.15) is 6.07 Å². The van der Waals surface area contributed by atoms with Crippen molar-refractivity contribution < 1.29 is 4.53 Å². The Morgan fingerprint density at radius 1 is 1.60 bits per heavy atom. The van der Waals surface area contributed by atoms with Crippen LogP contribution in [0.2, 0.25) is 19.6 Å². The molecule has 0 aliphatic heterocycles. The quantitative estimate of drug-likeness (QED) is 0.442. The van der Waals surface area contributed by atoms with Gasteiger partial charge < -0.3 is 4.53 Å². The molecule has 1 rings (SSSR count). The van der Waals surface area contributed by atoms with Crippen LogP contribution in [0.5, 0.6) is 0 Å². The summed E-state index contributed by atoms with van der Waals surface area (Å²) in [5, 5.41) is 16.6. The third-order valence-corrected chi connectivity index (χ3v) is 2.13. The van der Waals surface area contributed by atoms with E-state index in [1.54, 1.807) is 17.9 Å². The Labute approximate surface area is 90.1 Å². The maximum Gasteiger partial charge on any atom is 0.278 e. The van der Waals surface area contributed by atoms with E-state index in [0.29, 0.717) is 11.3 Å². The van der Waals surface area contributed by atoms with E-state index < -0.39 is 8.32 Å². The van der Waals surface area contributed by atoms with E-state index >= 15 is 0 Å². The first kappa shape index (κ1) is 11.5. The molecule has 0 spiro atoms. The van der Waals surface area contributed by atoms with Crippen LogP contribution in [0.25, 0.3) is 0 Å². The van der Waals surface area contributed by atoms with E-state index in [1.807, 2.05) is 25.7 Å². The van der Waals surface area contributed by atoms with E-state index in [4.69, 9.17) is 9.79 Å². The summed E-state index contributed by atoms with van der Waals surface area (Å²) in [5.74, 6) is 0. The Morgan fingerprint density at radius 2 is 2.27 bits per heavy atom. The Kier molecular flexibility index (Phi) is 3.27. The second-order valence-electron chi connectivity index (χ2n) is 4.16. The number of aromatic nitrogens is 2. The van der Waals surface area contributed by atoms with Crippen molar-refractivity contribution in [2.24, 2.45) is 12.2 Å². The van der Waals surface area contributed by atoms with Gasteiger partial charge in [-0.25, -0.2) is 0 Å². The fourth-order valence-electron chi connectivity index (χ4n) is 0.929. The average molecular weight is 222 g/mol. The number of nitrogens with zero attached hydrogens (tertiary/aromatic N) is 4. The van der Waals surface area contributed by atoms with Gasteiger partial charge in [0, 0.05) is 13.2 Å². The van der Waals surface area contributed by atoms with Gasteiger partial charge in [-0.15, -0.1) is 5.16 Å². The third kappa shape index (κ3) is 3.56. The molecule has 0 saturated heterocycles. The van der Waals surface area contributed by atoms with Gasteiger partial charge in [0.25, 0.3) is 8.32 Å². The van der Waals surface area contributed by atoms with Gasteiger partial charge in [-0.05, 0) is 19.6 Å². The largest absolute Gasteiger partial charge is 0.456 e. The number of oxime groups is 1. The predicted molar refractivity (Wildman–Crippen MR) is 59.9 cm³/mol. The highest BCUT2D eigenvalue weighted by atomic mass is 28.4. The van der Waals surface area contributed by atoms with Crippen LogP contribution in [0.1, 0.15) is 11.3 Å². The van der Waals surface area contributed by atoms with Crippen molar-refractivity contribution >= 4 is 14.5 Å². The molecule has 0 radical (unpaired) electrons. The molecule has 0 fully saturated rings. The first-order valence-corrected chi connectivity index (χ1v) is 7.98. The number of aryl methyl sites for hydroxylation is 1. The lowest BCUT2D eigenvalue weighted by atomic mass is 10.3. The van der Waals surface area contributed by atoms with Gasteiger partial charge in [-0.3, -0.25) is 4.68 Å². The molecule has 0 atom stereocenters. The normalized spacial score (nSPS) is 11.7. The summed E-state index contributed by atoms with van der Waals surface area (Å²) in [4.78, 5) is 0. The molecular weight excluding hydrogens is 208 g/mol. The minimum Gasteiger partial charge on any atom is -0.456 e. The van der Waals surface area contributed by atoms with Gasteiger partial charge >= 0.3 is 0 Å². The van der Waals surface area contributed by atoms with Crippen LogP contribution in [0.4, 0.5) is 0 Å². The molecule has 0 bridgehead atoms. The molecule has 6 heteroatoms. The lowest BCUT2D eigenvalue weighted by molar-refractivity contribution is 0.338. The highest BCUT2D eigenvalue weighted by Crippen LogP contribution is 2.05. The van der Waals surface area contributed by atoms with Gasteiger partial charge in [0.15, 0.2) is 5.69 Å². The predicted octanol–water partition coefficient (Wildman–Crippen LogP) is 1.48. The van der Waals surface area contributed by atoms with Crippen LogP contribution in [-0.2, 0) is 11.6 Å². The Bertz CT molecular complexity index is 411. The summed E-state index contributed by atoms with van der Waals surface area (Å²) in [6.45, 7) is 6.12. The molecule has 0 amide bonds. The summed E-state index contributed by atoms with van der Waals surface area (Å²) >= 11 is 0. The van der Waals surface area contributed by atoms with Crippen LogP contribution < -0.4 is 0 Å². The number of hydrogen-bond acceptors (Lipinski definition) is 4. The van der Waals surface area contributed by atoms with Crippen molar-refractivity contribution in [3.05, 3.63) is 17.5 Å². The Balaban J connectivity index is 2.77. The van der Waals surface area contributed by atoms with Crippen LogP contribution in [0.3, 0.4) is 0 Å². The van der Waals surface area contributed by atoms with Crippen LogP contribution in [-0.4, -0.2) is 24.3 Å². The summed E-state index contributed by atoms with van der Waals surface area (Å²) in [6, 6.07) is 2.00. The minimum atomic E-state index is -1.64. The summed E-state index contributed by atoms with van der Waals surface area (Å²) < 4.78 is 6.88. The second kappa shape index (κ2) is 4.27. The van der Waals surface area contributed by atoms with Crippen LogP contribution in [0.15, 0.2) is 11.4 Å². The van der Waals surface area contributed by atoms with E-state index in [1.165, 1.54) is 6.21 Å². The lowest BCUT2D eigenvalue weighted by Gasteiger charge is -2.11. The Morgan fingerprint density at radius 3 is 2.80 bits per heavy atom. The molecule has 5 nitrogen and oxygen atoms in total. The summed E-state index contributed by atoms with van der Waals surface area (Å²) in [5.41, 5.74) is 1.04. The fourth-order valence-corrected chi connectivity index (χ4v) is 1.30. The van der Waals surface area contributed by atoms with Crippen molar-refractivity contribution in [1.29, 1.82) is 5.26 Å². The molecule has 15 heavy (non-hydrogen) atoms. The number of nitriles is 1. The molecule has 0 aromatic carbocycles. The monoisotopic (exact) mass is 222 g/mol. The first-order valence-electron chi connectivity index (χ1n) is 4.57. The maximum atomic E-state index is 8.77. The molecule has 1 aromatic rings. The lowest BCUT2D eigenvalue weighted by Crippen LogP contribution is -2.22. The maximum absolute atomic E-state index is 8.77. The topological polar surface area (TPSA) is 63.2 Å². The van der Waals surface area contributed by atoms with E-state index in [9.17, 15) is 0 Å². The van der Waals surface area contributed by atoms with Gasteiger partial charge in [0.05, 0.1) is 11.8 Å². The van der Waals surface area contributed by atoms with Crippen molar-refractivity contribution in [2.45, 2.75) is 19.6 Å². The van der Waals surface area contributed by atoms with E-state index in [2.05, 4.69) is 10.3 Å². The highest BCUT2D eigenvalue weighted by molar-refractivity contribution is 6.69. The molecule has 0 aliphatic carbocycles. The highest BCUT2D eigenvalue weighted by Gasteiger charge is 2.15. The molecule has 0 N–H and O–H groups in total. The first-order chi connectivity index (χ1) is 6.92. The van der Waals surface area contributed by atoms with Crippen LogP contribution in [0, 0.1) is 11.3 Å². The number of rotatable bonds is 3. The zero-order valence-corrected chi connectivity index (χ0v) is 10.4. The van der Waals surface area contributed by atoms with E-state index in [0.717, 1.165) is 0 Å². The van der Waals surface area contributed by atoms with Crippen molar-refractivity contribution in [3.8, 4) is 6.07 Å². The van der Waals surface area contributed by atoms with Crippen molar-refractivity contribution in [2.75, 3.05) is 0 Å². The molecule has 80 valence electrons. The molecule has 0 saturated carbocycles. The second-order valence-corrected chi connectivity index (χ2v) is 8.56. The zero-order chi connectivity index (χ0) is 11.5. The summed E-state index contributed by atoms with van der Waals surface area (Å²) in [7, 11) is 0.122. The third-order valence-electron chi connectivity index (χ3n) is 1.48. The van der Waals surface area contributed by atoms with Gasteiger partial charge in [-0.2, -0.15) is 10.4 Å². The Hall–Kier alpha value is -1.61. The molecule has 0 aliphatic rings. The standard InChI is InChI=1S/C9H14N4OSi/c1-13-7-8(9(5-10)12-13)6-11-14-15(2,3)4/h6-7H,1-4H3. The van der Waals surface area contributed by atoms with Crippen molar-refractivity contribution in [3.63, 3.8) is 0 Å². The SMILES string of the molecule is Cn1cc(C=NO[Si](C)(C)C)c(C#N)n1. The van der Waals surface area contributed by atoms with Gasteiger partial charge in [-0.1, -0.05) is 0 Å². The van der Waals surface area contributed by atoms with Crippen LogP contribution >= 0.6 is 0 Å². The van der Waals surface area contributed by atoms with E-state index in [-0.39, 0.29) is 0 Å². The average Bonchev–Trinajstić information content (AvgIpc) is 2.44. The minimum absolute atomic E-state index is 0.362. The summed E-state index contributed by atoms with van der Waals surface area (Å²) in [6.07, 6.45) is 3.26. The van der Waals surface area contributed by atoms with Gasteiger partial charge in [0.2, 0.25) is 0 Å². The molecule has 0 unspecified atom stereocenters. The zero-order valence-electron chi connectivity index (χ0n) is 9.35. The van der Waals surface area contributed by atoms with Crippen molar-refractivity contribution in [1.82, 2.24) is 9.78 Å². The molecule has 1 aromatic heterocycles. The smallest absolute Gasteiger partial charge is 0.278 e. The molecule has 1 heterocycles.